The molecule has 2 unspecified atom stereocenters. The van der Waals surface area contributed by atoms with E-state index < -0.39 is 0 Å². The average molecular weight is 289 g/mol. The van der Waals surface area contributed by atoms with E-state index in [1.54, 1.807) is 6.08 Å². The Bertz CT molecular complexity index is 429. The fraction of sp³-hybridized carbons (Fsp3) is 0.737. The molecule has 2 rings (SSSR count). The second kappa shape index (κ2) is 6.81. The van der Waals surface area contributed by atoms with Crippen molar-refractivity contribution in [2.45, 2.75) is 59.8 Å². The summed E-state index contributed by atoms with van der Waals surface area (Å²) in [6, 6.07) is 0. The smallest absolute Gasteiger partial charge is 0.246 e. The third-order valence-corrected chi connectivity index (χ3v) is 5.04. The van der Waals surface area contributed by atoms with Crippen molar-refractivity contribution in [1.29, 1.82) is 0 Å². The van der Waals surface area contributed by atoms with Crippen molar-refractivity contribution in [3.05, 3.63) is 23.8 Å². The number of hydrogen-bond donors (Lipinski definition) is 0. The van der Waals surface area contributed by atoms with Crippen molar-refractivity contribution in [3.63, 3.8) is 0 Å². The summed E-state index contributed by atoms with van der Waals surface area (Å²) >= 11 is 0. The Kier molecular flexibility index (Phi) is 5.29. The molecule has 0 saturated heterocycles. The number of hydrogen-bond acceptors (Lipinski definition) is 1. The third-order valence-electron chi connectivity index (χ3n) is 5.04. The predicted octanol–water partition coefficient (Wildman–Crippen LogP) is 4.57. The molecule has 2 heteroatoms. The number of carbonyl (C=O) groups is 1. The van der Waals surface area contributed by atoms with Gasteiger partial charge in [0.05, 0.1) is 0 Å². The molecule has 2 fully saturated rings. The third kappa shape index (κ3) is 5.01. The minimum atomic E-state index is 0.211. The molecule has 2 nitrogen and oxygen atoms in total. The summed E-state index contributed by atoms with van der Waals surface area (Å²) < 4.78 is 0. The SMILES string of the molecule is CC=CC(=O)N(CC1CC1)CC1CC1(C)CCC=C(C)C. The maximum atomic E-state index is 12.2. The molecular formula is C19H31NO. The normalized spacial score (nSPS) is 27.7. The highest BCUT2D eigenvalue weighted by Crippen LogP contribution is 2.56. The summed E-state index contributed by atoms with van der Waals surface area (Å²) in [6.07, 6.45) is 12.3. The molecular weight excluding hydrogens is 258 g/mol. The lowest BCUT2D eigenvalue weighted by atomic mass is 9.98. The Balaban J connectivity index is 1.83. The van der Waals surface area contributed by atoms with E-state index in [9.17, 15) is 4.79 Å². The van der Waals surface area contributed by atoms with Gasteiger partial charge in [-0.2, -0.15) is 0 Å². The number of amides is 1. The quantitative estimate of drug-likeness (QED) is 0.473. The van der Waals surface area contributed by atoms with Crippen LogP contribution in [0.2, 0.25) is 0 Å². The second-order valence-corrected chi connectivity index (χ2v) is 7.56. The summed E-state index contributed by atoms with van der Waals surface area (Å²) in [5, 5.41) is 0. The van der Waals surface area contributed by atoms with Crippen LogP contribution in [0.3, 0.4) is 0 Å². The second-order valence-electron chi connectivity index (χ2n) is 7.56. The zero-order chi connectivity index (χ0) is 15.5. The highest BCUT2D eigenvalue weighted by molar-refractivity contribution is 5.87. The summed E-state index contributed by atoms with van der Waals surface area (Å²) in [6.45, 7) is 10.6. The van der Waals surface area contributed by atoms with Gasteiger partial charge in [0.15, 0.2) is 0 Å². The predicted molar refractivity (Wildman–Crippen MR) is 89.0 cm³/mol. The number of rotatable bonds is 8. The molecule has 118 valence electrons. The highest BCUT2D eigenvalue weighted by atomic mass is 16.2. The average Bonchev–Trinajstić information content (AvgIpc) is 3.29. The van der Waals surface area contributed by atoms with Crippen molar-refractivity contribution < 1.29 is 4.79 Å². The van der Waals surface area contributed by atoms with Gasteiger partial charge in [0, 0.05) is 13.1 Å². The zero-order valence-corrected chi connectivity index (χ0v) is 14.2. The van der Waals surface area contributed by atoms with Crippen LogP contribution in [0.25, 0.3) is 0 Å². The summed E-state index contributed by atoms with van der Waals surface area (Å²) in [5.41, 5.74) is 1.87. The Morgan fingerprint density at radius 3 is 2.57 bits per heavy atom. The maximum absolute atomic E-state index is 12.2. The van der Waals surface area contributed by atoms with E-state index in [4.69, 9.17) is 0 Å². The lowest BCUT2D eigenvalue weighted by molar-refractivity contribution is -0.126. The van der Waals surface area contributed by atoms with Gasteiger partial charge in [0.1, 0.15) is 0 Å². The molecule has 0 bridgehead atoms. The van der Waals surface area contributed by atoms with Crippen LogP contribution >= 0.6 is 0 Å². The Morgan fingerprint density at radius 1 is 1.29 bits per heavy atom. The molecule has 0 aromatic rings. The Labute approximate surface area is 130 Å². The van der Waals surface area contributed by atoms with Gasteiger partial charge in [-0.1, -0.05) is 24.6 Å². The Hall–Kier alpha value is -1.05. The Morgan fingerprint density at radius 2 is 2.00 bits per heavy atom. The van der Waals surface area contributed by atoms with Gasteiger partial charge in [0.25, 0.3) is 0 Å². The van der Waals surface area contributed by atoms with Gasteiger partial charge in [-0.05, 0) is 76.2 Å². The van der Waals surface area contributed by atoms with E-state index in [1.807, 2.05) is 13.0 Å². The molecule has 2 saturated carbocycles. The summed E-state index contributed by atoms with van der Waals surface area (Å²) in [5.74, 6) is 1.69. The van der Waals surface area contributed by atoms with Gasteiger partial charge in [-0.15, -0.1) is 0 Å². The van der Waals surface area contributed by atoms with Crippen LogP contribution < -0.4 is 0 Å². The van der Waals surface area contributed by atoms with Gasteiger partial charge in [0.2, 0.25) is 5.91 Å². The number of allylic oxidation sites excluding steroid dienone is 3. The van der Waals surface area contributed by atoms with Gasteiger partial charge >= 0.3 is 0 Å². The van der Waals surface area contributed by atoms with Crippen LogP contribution in [-0.2, 0) is 4.79 Å². The molecule has 2 aliphatic carbocycles. The van der Waals surface area contributed by atoms with Gasteiger partial charge in [-0.25, -0.2) is 0 Å². The molecule has 21 heavy (non-hydrogen) atoms. The van der Waals surface area contributed by atoms with E-state index in [0.29, 0.717) is 11.3 Å². The molecule has 0 aromatic carbocycles. The molecule has 2 aliphatic rings. The lowest BCUT2D eigenvalue weighted by Gasteiger charge is -2.22. The van der Waals surface area contributed by atoms with Gasteiger partial charge < -0.3 is 4.90 Å². The van der Waals surface area contributed by atoms with Crippen molar-refractivity contribution in [2.24, 2.45) is 17.3 Å². The largest absolute Gasteiger partial charge is 0.339 e. The first-order chi connectivity index (χ1) is 9.94. The maximum Gasteiger partial charge on any atom is 0.246 e. The van der Waals surface area contributed by atoms with Crippen LogP contribution in [0.4, 0.5) is 0 Å². The minimum Gasteiger partial charge on any atom is -0.339 e. The number of nitrogens with zero attached hydrogens (tertiary/aromatic N) is 1. The van der Waals surface area contributed by atoms with Gasteiger partial charge in [-0.3, -0.25) is 4.79 Å². The standard InChI is InChI=1S/C19H31NO/c1-5-7-18(21)20(13-16-9-10-16)14-17-12-19(17,4)11-6-8-15(2)3/h5,7-8,16-17H,6,9-14H2,1-4H3. The molecule has 0 heterocycles. The summed E-state index contributed by atoms with van der Waals surface area (Å²) in [7, 11) is 0. The zero-order valence-electron chi connectivity index (χ0n) is 14.2. The van der Waals surface area contributed by atoms with E-state index in [2.05, 4.69) is 31.7 Å². The monoisotopic (exact) mass is 289 g/mol. The molecule has 0 N–H and O–H groups in total. The fourth-order valence-electron chi connectivity index (χ4n) is 3.17. The van der Waals surface area contributed by atoms with Crippen LogP contribution in [0.5, 0.6) is 0 Å². The van der Waals surface area contributed by atoms with Crippen molar-refractivity contribution in [3.8, 4) is 0 Å². The molecule has 0 aliphatic heterocycles. The number of carbonyl (C=O) groups excluding carboxylic acids is 1. The van der Waals surface area contributed by atoms with Crippen LogP contribution in [0.1, 0.15) is 59.8 Å². The molecule has 2 atom stereocenters. The minimum absolute atomic E-state index is 0.211. The molecule has 0 radical (unpaired) electrons. The topological polar surface area (TPSA) is 20.3 Å². The van der Waals surface area contributed by atoms with E-state index in [-0.39, 0.29) is 5.91 Å². The molecule has 1 amide bonds. The lowest BCUT2D eigenvalue weighted by Crippen LogP contribution is -2.34. The first-order valence-electron chi connectivity index (χ1n) is 8.49. The van der Waals surface area contributed by atoms with Crippen molar-refractivity contribution in [1.82, 2.24) is 4.90 Å². The van der Waals surface area contributed by atoms with E-state index in [0.717, 1.165) is 19.0 Å². The van der Waals surface area contributed by atoms with E-state index in [1.165, 1.54) is 37.7 Å². The summed E-state index contributed by atoms with van der Waals surface area (Å²) in [4.78, 5) is 14.3. The molecule has 0 spiro atoms. The fourth-order valence-corrected chi connectivity index (χ4v) is 3.17. The first-order valence-corrected chi connectivity index (χ1v) is 8.49. The highest BCUT2D eigenvalue weighted by Gasteiger charge is 2.49. The van der Waals surface area contributed by atoms with Crippen molar-refractivity contribution >= 4 is 5.91 Å². The molecule has 0 aromatic heterocycles. The van der Waals surface area contributed by atoms with E-state index >= 15 is 0 Å². The first kappa shape index (κ1) is 16.3. The van der Waals surface area contributed by atoms with Crippen molar-refractivity contribution in [2.75, 3.05) is 13.1 Å². The van der Waals surface area contributed by atoms with Crippen LogP contribution in [0.15, 0.2) is 23.8 Å². The van der Waals surface area contributed by atoms with Crippen LogP contribution in [0, 0.1) is 17.3 Å². The van der Waals surface area contributed by atoms with Crippen LogP contribution in [-0.4, -0.2) is 23.9 Å².